The van der Waals surface area contributed by atoms with Crippen LogP contribution in [0.4, 0.5) is 10.2 Å². The fourth-order valence-electron chi connectivity index (χ4n) is 3.31. The first kappa shape index (κ1) is 19.9. The van der Waals surface area contributed by atoms with Crippen LogP contribution in [0.15, 0.2) is 33.7 Å². The summed E-state index contributed by atoms with van der Waals surface area (Å²) in [6, 6.07) is 1.07. The number of carboxylic acids is 1. The average molecular weight is 431 g/mol. The van der Waals surface area contributed by atoms with Gasteiger partial charge in [-0.05, 0) is 13.0 Å². The lowest BCUT2D eigenvalue weighted by Crippen LogP contribution is -2.61. The first-order valence-electron chi connectivity index (χ1n) is 9.03. The lowest BCUT2D eigenvalue weighted by atomic mass is 10.1. The van der Waals surface area contributed by atoms with E-state index in [1.165, 1.54) is 22.1 Å². The molecular formula is C18H18FN7O3S. The molecule has 0 aliphatic carbocycles. The third kappa shape index (κ3) is 3.29. The number of halogens is 1. The normalized spacial score (nSPS) is 14.4. The number of carbonyl (C=O) groups is 1. The molecule has 0 aromatic carbocycles. The summed E-state index contributed by atoms with van der Waals surface area (Å²) >= 11 is 1.25. The quantitative estimate of drug-likeness (QED) is 0.443. The van der Waals surface area contributed by atoms with Crippen LogP contribution in [-0.2, 0) is 0 Å². The monoisotopic (exact) mass is 431 g/mol. The van der Waals surface area contributed by atoms with Crippen molar-refractivity contribution in [1.82, 2.24) is 25.1 Å². The zero-order chi connectivity index (χ0) is 21.4. The van der Waals surface area contributed by atoms with E-state index in [4.69, 9.17) is 0 Å². The number of hydrazine groups is 1. The summed E-state index contributed by atoms with van der Waals surface area (Å²) in [5.74, 6) is -2.00. The molecule has 12 heteroatoms. The molecule has 156 valence electrons. The van der Waals surface area contributed by atoms with Gasteiger partial charge in [-0.1, -0.05) is 0 Å². The number of hydrogen-bond acceptors (Lipinski definition) is 9. The number of anilines is 1. The van der Waals surface area contributed by atoms with Crippen molar-refractivity contribution in [3.63, 3.8) is 0 Å². The van der Waals surface area contributed by atoms with Crippen LogP contribution in [0, 0.1) is 5.82 Å². The minimum Gasteiger partial charge on any atom is -0.477 e. The Balaban J connectivity index is 1.80. The van der Waals surface area contributed by atoms with Crippen LogP contribution in [0.25, 0.3) is 16.2 Å². The lowest BCUT2D eigenvalue weighted by molar-refractivity contribution is 0.0695. The number of hydrogen-bond donors (Lipinski definition) is 2. The molecule has 0 radical (unpaired) electrons. The van der Waals surface area contributed by atoms with E-state index in [-0.39, 0.29) is 22.9 Å². The van der Waals surface area contributed by atoms with Gasteiger partial charge in [0.25, 0.3) is 0 Å². The Morgan fingerprint density at radius 1 is 1.50 bits per heavy atom. The van der Waals surface area contributed by atoms with Crippen LogP contribution < -0.4 is 15.8 Å². The Labute approximate surface area is 173 Å². The van der Waals surface area contributed by atoms with Gasteiger partial charge < -0.3 is 10.0 Å². The highest BCUT2D eigenvalue weighted by Gasteiger charge is 2.34. The Hall–Kier alpha value is -3.38. The standard InChI is InChI=1S/C18H18FN7O3S/c1-3-22-26(20-2)10-7-24(8-10)16-13(19)6-11-14(27)12(17(28)29)9-25(15(11)23-16)18-21-4-5-30-18/h3-6,9-10,20H,7-8H2,1-2H3,(H,28,29)/b22-3-. The van der Waals surface area contributed by atoms with Gasteiger partial charge in [-0.2, -0.15) is 5.10 Å². The van der Waals surface area contributed by atoms with Gasteiger partial charge in [0.2, 0.25) is 5.43 Å². The van der Waals surface area contributed by atoms with Crippen molar-refractivity contribution in [1.29, 1.82) is 0 Å². The van der Waals surface area contributed by atoms with E-state index in [2.05, 4.69) is 20.5 Å². The molecule has 1 aliphatic heterocycles. The Bertz CT molecular complexity index is 1190. The van der Waals surface area contributed by atoms with Crippen LogP contribution in [0.3, 0.4) is 0 Å². The van der Waals surface area contributed by atoms with Crippen molar-refractivity contribution in [3.05, 3.63) is 45.4 Å². The second kappa shape index (κ2) is 7.80. The van der Waals surface area contributed by atoms with Crippen LogP contribution in [-0.4, -0.2) is 63.1 Å². The molecule has 10 nitrogen and oxygen atoms in total. The van der Waals surface area contributed by atoms with Gasteiger partial charge in [-0.3, -0.25) is 9.36 Å². The number of hydrazone groups is 1. The highest BCUT2D eigenvalue weighted by Crippen LogP contribution is 2.28. The molecule has 0 amide bonds. The Kier molecular flexibility index (Phi) is 5.18. The Morgan fingerprint density at radius 3 is 2.87 bits per heavy atom. The maximum absolute atomic E-state index is 14.9. The van der Waals surface area contributed by atoms with E-state index in [1.54, 1.807) is 41.8 Å². The highest BCUT2D eigenvalue weighted by atomic mass is 32.1. The molecule has 1 aliphatic rings. The molecule has 0 bridgehead atoms. The summed E-state index contributed by atoms with van der Waals surface area (Å²) < 4.78 is 16.3. The van der Waals surface area contributed by atoms with Crippen molar-refractivity contribution in [2.75, 3.05) is 25.0 Å². The van der Waals surface area contributed by atoms with E-state index < -0.39 is 22.8 Å². The smallest absolute Gasteiger partial charge is 0.341 e. The molecule has 4 rings (SSSR count). The summed E-state index contributed by atoms with van der Waals surface area (Å²) in [5.41, 5.74) is 1.85. The number of carboxylic acid groups (broad SMARTS) is 1. The van der Waals surface area contributed by atoms with Gasteiger partial charge >= 0.3 is 5.97 Å². The number of nitrogens with zero attached hydrogens (tertiary/aromatic N) is 6. The van der Waals surface area contributed by atoms with Gasteiger partial charge in [0, 0.05) is 44.1 Å². The first-order chi connectivity index (χ1) is 14.4. The van der Waals surface area contributed by atoms with Crippen LogP contribution in [0.5, 0.6) is 0 Å². The minimum atomic E-state index is -1.40. The first-order valence-corrected chi connectivity index (χ1v) is 9.91. The topological polar surface area (TPSA) is 116 Å². The van der Waals surface area contributed by atoms with Crippen molar-refractivity contribution in [3.8, 4) is 5.13 Å². The fraction of sp³-hybridized carbons (Fsp3) is 0.278. The van der Waals surface area contributed by atoms with Crippen molar-refractivity contribution < 1.29 is 14.3 Å². The number of rotatable bonds is 6. The molecule has 1 fully saturated rings. The lowest BCUT2D eigenvalue weighted by Gasteiger charge is -2.44. The van der Waals surface area contributed by atoms with Gasteiger partial charge in [-0.25, -0.2) is 29.7 Å². The van der Waals surface area contributed by atoms with Crippen LogP contribution >= 0.6 is 11.3 Å². The third-order valence-corrected chi connectivity index (χ3v) is 5.52. The van der Waals surface area contributed by atoms with E-state index in [0.29, 0.717) is 18.2 Å². The van der Waals surface area contributed by atoms with E-state index in [9.17, 15) is 19.1 Å². The molecule has 2 N–H and O–H groups in total. The zero-order valence-electron chi connectivity index (χ0n) is 16.1. The van der Waals surface area contributed by atoms with Crippen molar-refractivity contribution in [2.45, 2.75) is 13.0 Å². The van der Waals surface area contributed by atoms with Gasteiger partial charge in [0.05, 0.1) is 11.4 Å². The third-order valence-electron chi connectivity index (χ3n) is 4.75. The summed E-state index contributed by atoms with van der Waals surface area (Å²) in [7, 11) is 1.75. The van der Waals surface area contributed by atoms with E-state index >= 15 is 0 Å². The summed E-state index contributed by atoms with van der Waals surface area (Å²) in [6.45, 7) is 2.75. The SMILES string of the molecule is C/C=N\N(NC)C1CN(c2nc3c(cc2F)c(=O)c(C(=O)O)cn3-c2nccs2)C1. The van der Waals surface area contributed by atoms with Crippen molar-refractivity contribution >= 4 is 40.4 Å². The second-order valence-corrected chi connectivity index (χ2v) is 7.40. The predicted octanol–water partition coefficient (Wildman–Crippen LogP) is 1.31. The number of aromatic carboxylic acids is 1. The number of aromatic nitrogens is 3. The molecule has 0 unspecified atom stereocenters. The molecule has 0 atom stereocenters. The number of thiazole rings is 1. The molecule has 0 saturated carbocycles. The second-order valence-electron chi connectivity index (χ2n) is 6.53. The summed E-state index contributed by atoms with van der Waals surface area (Å²) in [6.07, 6.45) is 4.38. The van der Waals surface area contributed by atoms with E-state index in [1.807, 2.05) is 0 Å². The molecule has 3 aromatic rings. The minimum absolute atomic E-state index is 0.0265. The van der Waals surface area contributed by atoms with Crippen molar-refractivity contribution in [2.24, 2.45) is 5.10 Å². The molecule has 1 saturated heterocycles. The molecule has 30 heavy (non-hydrogen) atoms. The zero-order valence-corrected chi connectivity index (χ0v) is 16.9. The largest absolute Gasteiger partial charge is 0.477 e. The maximum atomic E-state index is 14.9. The molecule has 3 aromatic heterocycles. The molecule has 0 spiro atoms. The highest BCUT2D eigenvalue weighted by molar-refractivity contribution is 7.12. The predicted molar refractivity (Wildman–Crippen MR) is 111 cm³/mol. The average Bonchev–Trinajstić information content (AvgIpc) is 3.21. The van der Waals surface area contributed by atoms with Crippen LogP contribution in [0.1, 0.15) is 17.3 Å². The number of fused-ring (bicyclic) bond motifs is 1. The van der Waals surface area contributed by atoms with Gasteiger partial charge in [-0.15, -0.1) is 11.3 Å². The number of pyridine rings is 2. The fourth-order valence-corrected chi connectivity index (χ4v) is 3.93. The van der Waals surface area contributed by atoms with Gasteiger partial charge in [0.15, 0.2) is 22.4 Å². The maximum Gasteiger partial charge on any atom is 0.341 e. The molecular weight excluding hydrogens is 413 g/mol. The molecule has 4 heterocycles. The Morgan fingerprint density at radius 2 is 2.27 bits per heavy atom. The van der Waals surface area contributed by atoms with Gasteiger partial charge in [0.1, 0.15) is 5.56 Å². The summed E-state index contributed by atoms with van der Waals surface area (Å²) in [5, 5.41) is 17.3. The van der Waals surface area contributed by atoms with Crippen LogP contribution in [0.2, 0.25) is 0 Å². The summed E-state index contributed by atoms with van der Waals surface area (Å²) in [4.78, 5) is 34.4. The number of nitrogens with one attached hydrogen (secondary N) is 1. The van der Waals surface area contributed by atoms with E-state index in [0.717, 1.165) is 6.07 Å².